The molecule has 0 amide bonds. The first kappa shape index (κ1) is 13.6. The minimum Gasteiger partial charge on any atom is -0.496 e. The van der Waals surface area contributed by atoms with Crippen LogP contribution < -0.4 is 15.2 Å². The molecule has 0 aliphatic carbocycles. The summed E-state index contributed by atoms with van der Waals surface area (Å²) in [7, 11) is 1.60. The van der Waals surface area contributed by atoms with Gasteiger partial charge in [-0.15, -0.1) is 0 Å². The highest BCUT2D eigenvalue weighted by molar-refractivity contribution is 6.30. The second-order valence-electron chi connectivity index (χ2n) is 4.10. The Balaban J connectivity index is 2.39. The predicted molar refractivity (Wildman–Crippen MR) is 74.9 cm³/mol. The highest BCUT2D eigenvalue weighted by atomic mass is 35.5. The number of benzene rings is 1. The molecule has 2 rings (SSSR count). The second-order valence-corrected chi connectivity index (χ2v) is 4.54. The second kappa shape index (κ2) is 5.91. The maximum absolute atomic E-state index is 5.97. The molecule has 0 saturated carbocycles. The Morgan fingerprint density at radius 3 is 2.63 bits per heavy atom. The number of methoxy groups -OCH3 is 1. The molecule has 0 aliphatic rings. The average Bonchev–Trinajstić information content (AvgIpc) is 2.38. The number of halogens is 1. The molecule has 100 valence electrons. The van der Waals surface area contributed by atoms with Gasteiger partial charge in [-0.1, -0.05) is 17.7 Å². The van der Waals surface area contributed by atoms with Gasteiger partial charge in [-0.3, -0.25) is 4.98 Å². The fourth-order valence-electron chi connectivity index (χ4n) is 1.81. The van der Waals surface area contributed by atoms with Crippen molar-refractivity contribution in [2.75, 3.05) is 7.11 Å². The van der Waals surface area contributed by atoms with Crippen LogP contribution in [0.3, 0.4) is 0 Å². The van der Waals surface area contributed by atoms with Crippen molar-refractivity contribution >= 4 is 11.6 Å². The van der Waals surface area contributed by atoms with Crippen molar-refractivity contribution in [3.8, 4) is 17.2 Å². The van der Waals surface area contributed by atoms with Gasteiger partial charge in [0.05, 0.1) is 23.9 Å². The van der Waals surface area contributed by atoms with Gasteiger partial charge in [-0.25, -0.2) is 0 Å². The molecule has 0 spiro atoms. The normalized spacial score (nSPS) is 12.0. The molecule has 19 heavy (non-hydrogen) atoms. The van der Waals surface area contributed by atoms with Crippen LogP contribution in [0.2, 0.25) is 5.02 Å². The van der Waals surface area contributed by atoms with Crippen molar-refractivity contribution in [2.45, 2.75) is 13.0 Å². The minimum absolute atomic E-state index is 0.210. The maximum Gasteiger partial charge on any atom is 0.147 e. The molecule has 1 atom stereocenters. The molecule has 4 nitrogen and oxygen atoms in total. The fourth-order valence-corrected chi connectivity index (χ4v) is 1.98. The lowest BCUT2D eigenvalue weighted by Gasteiger charge is -2.16. The van der Waals surface area contributed by atoms with Crippen LogP contribution in [0, 0.1) is 0 Å². The van der Waals surface area contributed by atoms with Crippen molar-refractivity contribution in [3.63, 3.8) is 0 Å². The molecular formula is C14H15ClN2O2. The van der Waals surface area contributed by atoms with Crippen LogP contribution in [-0.4, -0.2) is 12.1 Å². The maximum atomic E-state index is 5.97. The molecule has 0 aliphatic heterocycles. The van der Waals surface area contributed by atoms with E-state index in [0.29, 0.717) is 22.3 Å². The fraction of sp³-hybridized carbons (Fsp3) is 0.214. The molecule has 1 aromatic heterocycles. The quantitative estimate of drug-likeness (QED) is 0.929. The van der Waals surface area contributed by atoms with Crippen molar-refractivity contribution in [1.82, 2.24) is 4.98 Å². The van der Waals surface area contributed by atoms with E-state index in [1.807, 2.05) is 25.1 Å². The van der Waals surface area contributed by atoms with Crippen LogP contribution in [0.15, 0.2) is 36.7 Å². The summed E-state index contributed by atoms with van der Waals surface area (Å²) in [6, 6.07) is 7.01. The monoisotopic (exact) mass is 278 g/mol. The Hall–Kier alpha value is -1.78. The summed E-state index contributed by atoms with van der Waals surface area (Å²) in [6.45, 7) is 1.88. The van der Waals surface area contributed by atoms with E-state index in [9.17, 15) is 0 Å². The van der Waals surface area contributed by atoms with E-state index in [0.717, 1.165) is 5.56 Å². The van der Waals surface area contributed by atoms with Crippen molar-refractivity contribution in [2.24, 2.45) is 5.73 Å². The predicted octanol–water partition coefficient (Wildman–Crippen LogP) is 3.56. The number of nitrogens with two attached hydrogens (primary N) is 1. The third kappa shape index (κ3) is 3.16. The first-order valence-electron chi connectivity index (χ1n) is 5.82. The lowest BCUT2D eigenvalue weighted by Crippen LogP contribution is -2.08. The molecule has 2 N–H and O–H groups in total. The molecule has 0 saturated heterocycles. The summed E-state index contributed by atoms with van der Waals surface area (Å²) in [5.41, 5.74) is 6.78. The molecule has 2 aromatic rings. The summed E-state index contributed by atoms with van der Waals surface area (Å²) in [6.07, 6.45) is 3.14. The van der Waals surface area contributed by atoms with Gasteiger partial charge in [0.25, 0.3) is 0 Å². The number of hydrogen-bond acceptors (Lipinski definition) is 4. The lowest BCUT2D eigenvalue weighted by atomic mass is 10.1. The van der Waals surface area contributed by atoms with Crippen LogP contribution in [0.4, 0.5) is 0 Å². The van der Waals surface area contributed by atoms with E-state index in [2.05, 4.69) is 4.98 Å². The SMILES string of the molecule is COc1cccc(Oc2cncc(Cl)c2)c1[C@H](C)N. The molecule has 0 unspecified atom stereocenters. The van der Waals surface area contributed by atoms with E-state index in [1.54, 1.807) is 25.6 Å². The highest BCUT2D eigenvalue weighted by Crippen LogP contribution is 2.35. The van der Waals surface area contributed by atoms with Crippen LogP contribution >= 0.6 is 11.6 Å². The summed E-state index contributed by atoms with van der Waals surface area (Å²) in [5.74, 6) is 1.89. The highest BCUT2D eigenvalue weighted by Gasteiger charge is 2.15. The standard InChI is InChI=1S/C14H15ClN2O2/c1-9(16)14-12(18-2)4-3-5-13(14)19-11-6-10(15)7-17-8-11/h3-9H,16H2,1-2H3/t9-/m0/s1. The number of hydrogen-bond donors (Lipinski definition) is 1. The average molecular weight is 279 g/mol. The van der Waals surface area contributed by atoms with Gasteiger partial charge >= 0.3 is 0 Å². The van der Waals surface area contributed by atoms with Gasteiger partial charge in [0, 0.05) is 18.3 Å². The molecular weight excluding hydrogens is 264 g/mol. The minimum atomic E-state index is -0.210. The zero-order valence-corrected chi connectivity index (χ0v) is 11.5. The third-order valence-electron chi connectivity index (χ3n) is 2.61. The molecule has 1 aromatic carbocycles. The smallest absolute Gasteiger partial charge is 0.147 e. The van der Waals surface area contributed by atoms with Gasteiger partial charge in [0.1, 0.15) is 17.2 Å². The van der Waals surface area contributed by atoms with Gasteiger partial charge in [-0.2, -0.15) is 0 Å². The largest absolute Gasteiger partial charge is 0.496 e. The summed E-state index contributed by atoms with van der Waals surface area (Å²) in [5, 5.41) is 0.516. The van der Waals surface area contributed by atoms with Crippen molar-refractivity contribution in [1.29, 1.82) is 0 Å². The Labute approximate surface area is 117 Å². The van der Waals surface area contributed by atoms with Gasteiger partial charge < -0.3 is 15.2 Å². The molecule has 0 fully saturated rings. The van der Waals surface area contributed by atoms with Crippen molar-refractivity contribution < 1.29 is 9.47 Å². The van der Waals surface area contributed by atoms with E-state index in [-0.39, 0.29) is 6.04 Å². The first-order chi connectivity index (χ1) is 9.11. The topological polar surface area (TPSA) is 57.4 Å². The Bertz CT molecular complexity index is 573. The van der Waals surface area contributed by atoms with Gasteiger partial charge in [0.2, 0.25) is 0 Å². The third-order valence-corrected chi connectivity index (χ3v) is 2.82. The summed E-state index contributed by atoms with van der Waals surface area (Å²) in [4.78, 5) is 3.98. The van der Waals surface area contributed by atoms with Crippen LogP contribution in [0.1, 0.15) is 18.5 Å². The van der Waals surface area contributed by atoms with Crippen molar-refractivity contribution in [3.05, 3.63) is 47.2 Å². The number of aromatic nitrogens is 1. The molecule has 5 heteroatoms. The zero-order chi connectivity index (χ0) is 13.8. The van der Waals surface area contributed by atoms with Crippen LogP contribution in [0.25, 0.3) is 0 Å². The number of pyridine rings is 1. The Morgan fingerprint density at radius 2 is 2.00 bits per heavy atom. The van der Waals surface area contributed by atoms with E-state index in [4.69, 9.17) is 26.8 Å². The number of nitrogens with zero attached hydrogens (tertiary/aromatic N) is 1. The van der Waals surface area contributed by atoms with E-state index < -0.39 is 0 Å². The number of rotatable bonds is 4. The Morgan fingerprint density at radius 1 is 1.26 bits per heavy atom. The summed E-state index contributed by atoms with van der Waals surface area (Å²) >= 11 is 5.88. The summed E-state index contributed by atoms with van der Waals surface area (Å²) < 4.78 is 11.1. The Kier molecular flexibility index (Phi) is 4.24. The molecule has 0 bridgehead atoms. The lowest BCUT2D eigenvalue weighted by molar-refractivity contribution is 0.397. The first-order valence-corrected chi connectivity index (χ1v) is 6.20. The van der Waals surface area contributed by atoms with E-state index in [1.165, 1.54) is 0 Å². The number of ether oxygens (including phenoxy) is 2. The zero-order valence-electron chi connectivity index (χ0n) is 10.8. The van der Waals surface area contributed by atoms with E-state index >= 15 is 0 Å². The molecule has 0 radical (unpaired) electrons. The van der Waals surface area contributed by atoms with Crippen LogP contribution in [0.5, 0.6) is 17.2 Å². The van der Waals surface area contributed by atoms with Gasteiger partial charge in [0.15, 0.2) is 0 Å². The molecule has 1 heterocycles. The van der Waals surface area contributed by atoms with Crippen LogP contribution in [-0.2, 0) is 0 Å². The van der Waals surface area contributed by atoms with Gasteiger partial charge in [-0.05, 0) is 19.1 Å².